The quantitative estimate of drug-likeness (QED) is 0.898. The fourth-order valence-electron chi connectivity index (χ4n) is 2.74. The average Bonchev–Trinajstić information content (AvgIpc) is 2.55. The van der Waals surface area contributed by atoms with Crippen LogP contribution in [0.4, 0.5) is 8.78 Å². The first kappa shape index (κ1) is 16.0. The van der Waals surface area contributed by atoms with Crippen molar-refractivity contribution < 1.29 is 17.2 Å². The molecule has 0 bridgehead atoms. The van der Waals surface area contributed by atoms with Crippen molar-refractivity contribution in [1.29, 1.82) is 0 Å². The lowest BCUT2D eigenvalue weighted by Crippen LogP contribution is -2.39. The van der Waals surface area contributed by atoms with Crippen molar-refractivity contribution in [3.63, 3.8) is 0 Å². The molecule has 2 aromatic rings. The van der Waals surface area contributed by atoms with Gasteiger partial charge in [0.05, 0.1) is 0 Å². The van der Waals surface area contributed by atoms with Gasteiger partial charge in [0, 0.05) is 12.6 Å². The molecule has 0 saturated heterocycles. The first-order chi connectivity index (χ1) is 11.0. The van der Waals surface area contributed by atoms with E-state index >= 15 is 0 Å². The molecule has 122 valence electrons. The predicted octanol–water partition coefficient (Wildman–Crippen LogP) is 2.13. The Labute approximate surface area is 133 Å². The van der Waals surface area contributed by atoms with E-state index in [0.29, 0.717) is 0 Å². The third kappa shape index (κ3) is 3.26. The summed E-state index contributed by atoms with van der Waals surface area (Å²) < 4.78 is 53.7. The van der Waals surface area contributed by atoms with E-state index in [4.69, 9.17) is 0 Å². The Balaban J connectivity index is 1.80. The molecular weight excluding hydrogens is 322 g/mol. The van der Waals surface area contributed by atoms with Gasteiger partial charge in [-0.05, 0) is 36.2 Å². The molecule has 23 heavy (non-hydrogen) atoms. The summed E-state index contributed by atoms with van der Waals surface area (Å²) in [5.74, 6) is -2.55. The molecule has 2 aromatic carbocycles. The number of hydrogen-bond acceptors (Lipinski definition) is 3. The summed E-state index contributed by atoms with van der Waals surface area (Å²) >= 11 is 0. The second-order valence-corrected chi connectivity index (χ2v) is 7.09. The zero-order chi connectivity index (χ0) is 16.4. The van der Waals surface area contributed by atoms with Gasteiger partial charge in [-0.3, -0.25) is 0 Å². The number of fused-ring (bicyclic) bond motifs is 1. The molecule has 0 aromatic heterocycles. The highest BCUT2D eigenvalue weighted by Crippen LogP contribution is 2.23. The van der Waals surface area contributed by atoms with Crippen molar-refractivity contribution in [2.24, 2.45) is 0 Å². The Bertz CT molecular complexity index is 825. The maximum absolute atomic E-state index is 13.7. The summed E-state index contributed by atoms with van der Waals surface area (Å²) in [6.45, 7) is 0.799. The van der Waals surface area contributed by atoms with Crippen molar-refractivity contribution in [2.45, 2.75) is 17.4 Å². The SMILES string of the molecule is O=S(=O)(NCC1NCCc2ccccc21)c1cccc(F)c1F. The Morgan fingerprint density at radius 2 is 1.91 bits per heavy atom. The predicted molar refractivity (Wildman–Crippen MR) is 82.4 cm³/mol. The van der Waals surface area contributed by atoms with E-state index in [9.17, 15) is 17.2 Å². The third-order valence-electron chi connectivity index (χ3n) is 3.90. The van der Waals surface area contributed by atoms with Crippen LogP contribution in [0.3, 0.4) is 0 Å². The molecule has 4 nitrogen and oxygen atoms in total. The average molecular weight is 338 g/mol. The van der Waals surface area contributed by atoms with Crippen LogP contribution in [0.25, 0.3) is 0 Å². The maximum atomic E-state index is 13.7. The van der Waals surface area contributed by atoms with E-state index in [1.54, 1.807) is 0 Å². The number of sulfonamides is 1. The van der Waals surface area contributed by atoms with Crippen molar-refractivity contribution in [2.75, 3.05) is 13.1 Å². The molecule has 0 aliphatic carbocycles. The van der Waals surface area contributed by atoms with Crippen LogP contribution in [-0.2, 0) is 16.4 Å². The molecular formula is C16H16F2N2O2S. The minimum absolute atomic E-state index is 0.0648. The van der Waals surface area contributed by atoms with Gasteiger partial charge in [-0.1, -0.05) is 30.3 Å². The van der Waals surface area contributed by atoms with E-state index in [1.165, 1.54) is 6.07 Å². The molecule has 0 fully saturated rings. The van der Waals surface area contributed by atoms with Gasteiger partial charge >= 0.3 is 0 Å². The van der Waals surface area contributed by atoms with Crippen LogP contribution < -0.4 is 10.0 Å². The monoisotopic (exact) mass is 338 g/mol. The molecule has 1 aliphatic rings. The van der Waals surface area contributed by atoms with Crippen LogP contribution >= 0.6 is 0 Å². The van der Waals surface area contributed by atoms with Gasteiger partial charge < -0.3 is 5.32 Å². The van der Waals surface area contributed by atoms with Gasteiger partial charge in [0.25, 0.3) is 0 Å². The molecule has 0 radical (unpaired) electrons. The molecule has 0 amide bonds. The van der Waals surface area contributed by atoms with E-state index in [-0.39, 0.29) is 12.6 Å². The van der Waals surface area contributed by atoms with E-state index in [0.717, 1.165) is 36.2 Å². The zero-order valence-corrected chi connectivity index (χ0v) is 13.0. The Morgan fingerprint density at radius 3 is 2.74 bits per heavy atom. The van der Waals surface area contributed by atoms with Crippen molar-refractivity contribution in [3.8, 4) is 0 Å². The Hall–Kier alpha value is -1.83. The second-order valence-electron chi connectivity index (χ2n) is 5.36. The minimum atomic E-state index is -4.12. The summed E-state index contributed by atoms with van der Waals surface area (Å²) in [6, 6.07) is 10.7. The molecule has 0 spiro atoms. The summed E-state index contributed by atoms with van der Waals surface area (Å²) in [7, 11) is -4.12. The van der Waals surface area contributed by atoms with Crippen molar-refractivity contribution in [1.82, 2.24) is 10.0 Å². The zero-order valence-electron chi connectivity index (χ0n) is 12.2. The highest BCUT2D eigenvalue weighted by molar-refractivity contribution is 7.89. The first-order valence-electron chi connectivity index (χ1n) is 7.24. The molecule has 1 atom stereocenters. The fraction of sp³-hybridized carbons (Fsp3) is 0.250. The minimum Gasteiger partial charge on any atom is -0.308 e. The van der Waals surface area contributed by atoms with Crippen LogP contribution in [0.2, 0.25) is 0 Å². The van der Waals surface area contributed by atoms with Crippen molar-refractivity contribution in [3.05, 3.63) is 65.2 Å². The topological polar surface area (TPSA) is 58.2 Å². The van der Waals surface area contributed by atoms with Gasteiger partial charge in [0.2, 0.25) is 10.0 Å². The Morgan fingerprint density at radius 1 is 1.13 bits per heavy atom. The first-order valence-corrected chi connectivity index (χ1v) is 8.72. The van der Waals surface area contributed by atoms with E-state index < -0.39 is 26.6 Å². The lowest BCUT2D eigenvalue weighted by molar-refractivity contribution is 0.475. The standard InChI is InChI=1S/C16H16F2N2O2S/c17-13-6-3-7-15(16(13)18)23(21,22)20-10-14-12-5-2-1-4-11(12)8-9-19-14/h1-7,14,19-20H,8-10H2. The fourth-order valence-corrected chi connectivity index (χ4v) is 3.87. The van der Waals surface area contributed by atoms with Crippen LogP contribution in [0.15, 0.2) is 47.4 Å². The van der Waals surface area contributed by atoms with Crippen LogP contribution in [-0.4, -0.2) is 21.5 Å². The number of rotatable bonds is 4. The highest BCUT2D eigenvalue weighted by atomic mass is 32.2. The summed E-state index contributed by atoms with van der Waals surface area (Å²) in [6.07, 6.45) is 0.873. The van der Waals surface area contributed by atoms with Crippen molar-refractivity contribution >= 4 is 10.0 Å². The molecule has 7 heteroatoms. The summed E-state index contributed by atoms with van der Waals surface area (Å²) in [5.41, 5.74) is 2.17. The number of halogens is 2. The lowest BCUT2D eigenvalue weighted by Gasteiger charge is -2.27. The smallest absolute Gasteiger partial charge is 0.243 e. The summed E-state index contributed by atoms with van der Waals surface area (Å²) in [5, 5.41) is 3.23. The number of hydrogen-bond donors (Lipinski definition) is 2. The molecule has 2 N–H and O–H groups in total. The molecule has 3 rings (SSSR count). The lowest BCUT2D eigenvalue weighted by atomic mass is 9.95. The third-order valence-corrected chi connectivity index (χ3v) is 5.34. The van der Waals surface area contributed by atoms with Crippen LogP contribution in [0.1, 0.15) is 17.2 Å². The molecule has 1 heterocycles. The van der Waals surface area contributed by atoms with Gasteiger partial charge in [-0.15, -0.1) is 0 Å². The Kier molecular flexibility index (Phi) is 4.43. The number of nitrogens with one attached hydrogen (secondary N) is 2. The highest BCUT2D eigenvalue weighted by Gasteiger charge is 2.25. The van der Waals surface area contributed by atoms with Crippen LogP contribution in [0.5, 0.6) is 0 Å². The van der Waals surface area contributed by atoms with Gasteiger partial charge in [0.15, 0.2) is 11.6 Å². The molecule has 1 unspecified atom stereocenters. The van der Waals surface area contributed by atoms with Gasteiger partial charge in [-0.2, -0.15) is 0 Å². The second kappa shape index (κ2) is 6.35. The van der Waals surface area contributed by atoms with E-state index in [1.807, 2.05) is 24.3 Å². The molecule has 0 saturated carbocycles. The molecule has 1 aliphatic heterocycles. The van der Waals surface area contributed by atoms with E-state index in [2.05, 4.69) is 10.0 Å². The van der Waals surface area contributed by atoms with Gasteiger partial charge in [-0.25, -0.2) is 21.9 Å². The van der Waals surface area contributed by atoms with Crippen LogP contribution in [0, 0.1) is 11.6 Å². The number of benzene rings is 2. The summed E-state index contributed by atoms with van der Waals surface area (Å²) in [4.78, 5) is -0.679. The van der Waals surface area contributed by atoms with Gasteiger partial charge in [0.1, 0.15) is 4.90 Å². The maximum Gasteiger partial charge on any atom is 0.243 e. The normalized spacial score (nSPS) is 17.7. The largest absolute Gasteiger partial charge is 0.308 e.